The van der Waals surface area contributed by atoms with E-state index in [0.29, 0.717) is 0 Å². The molecule has 3 nitrogen and oxygen atoms in total. The maximum absolute atomic E-state index is 13.1. The van der Waals surface area contributed by atoms with Crippen LogP contribution in [-0.2, 0) is 6.54 Å². The second-order valence-corrected chi connectivity index (χ2v) is 2.53. The Kier molecular flexibility index (Phi) is 3.19. The summed E-state index contributed by atoms with van der Waals surface area (Å²) in [6.07, 6.45) is -2.79. The number of aromatic nitrogens is 1. The molecule has 0 aliphatic heterocycles. The Bertz CT molecular complexity index is 355. The van der Waals surface area contributed by atoms with Gasteiger partial charge in [0.1, 0.15) is 11.4 Å². The first-order chi connectivity index (χ1) is 6.60. The van der Waals surface area contributed by atoms with E-state index in [2.05, 4.69) is 4.98 Å². The van der Waals surface area contributed by atoms with E-state index < -0.39 is 17.9 Å². The number of nitrogens with zero attached hydrogens (tertiary/aromatic N) is 1. The molecule has 14 heavy (non-hydrogen) atoms. The van der Waals surface area contributed by atoms with Crippen LogP contribution in [0.3, 0.4) is 0 Å². The molecule has 0 saturated heterocycles. The summed E-state index contributed by atoms with van der Waals surface area (Å²) in [5, 5.41) is 0. The Morgan fingerprint density at radius 2 is 2.21 bits per heavy atom. The smallest absolute Gasteiger partial charge is 0.283 e. The van der Waals surface area contributed by atoms with Crippen LogP contribution < -0.4 is 5.73 Å². The van der Waals surface area contributed by atoms with Crippen molar-refractivity contribution in [3.63, 3.8) is 0 Å². The third-order valence-corrected chi connectivity index (χ3v) is 1.63. The molecule has 0 atom stereocenters. The number of carbonyl (C=O) groups excluding carboxylic acids is 1. The zero-order chi connectivity index (χ0) is 10.7. The van der Waals surface area contributed by atoms with Crippen LogP contribution in [0.1, 0.15) is 28.2 Å². The minimum absolute atomic E-state index is 0.141. The number of nitrogens with two attached hydrogens (primary N) is 1. The molecule has 0 bridgehead atoms. The number of pyridine rings is 1. The van der Waals surface area contributed by atoms with E-state index in [1.807, 2.05) is 0 Å². The molecule has 2 N–H and O–H groups in total. The molecule has 0 aliphatic rings. The van der Waals surface area contributed by atoms with Gasteiger partial charge in [-0.05, 0) is 6.07 Å². The fraction of sp³-hybridized carbons (Fsp3) is 0.250. The van der Waals surface area contributed by atoms with Crippen molar-refractivity contribution in [3.8, 4) is 0 Å². The first-order valence-electron chi connectivity index (χ1n) is 3.72. The van der Waals surface area contributed by atoms with Crippen molar-refractivity contribution in [1.82, 2.24) is 4.98 Å². The van der Waals surface area contributed by atoms with Crippen LogP contribution in [0.4, 0.5) is 13.2 Å². The number of alkyl halides is 2. The number of hydrogen-bond acceptors (Lipinski definition) is 3. The van der Waals surface area contributed by atoms with Crippen molar-refractivity contribution in [1.29, 1.82) is 0 Å². The second kappa shape index (κ2) is 4.19. The molecule has 0 spiro atoms. The topological polar surface area (TPSA) is 56.0 Å². The van der Waals surface area contributed by atoms with Crippen LogP contribution in [0, 0.1) is 5.82 Å². The fourth-order valence-electron chi connectivity index (χ4n) is 0.980. The number of carbonyl (C=O) groups is 1. The highest BCUT2D eigenvalue weighted by Crippen LogP contribution is 2.22. The molecule has 0 saturated carbocycles. The maximum atomic E-state index is 13.1. The molecular weight excluding hydrogens is 197 g/mol. The van der Waals surface area contributed by atoms with Crippen molar-refractivity contribution in [2.75, 3.05) is 0 Å². The molecule has 76 valence electrons. The van der Waals surface area contributed by atoms with Gasteiger partial charge < -0.3 is 5.73 Å². The van der Waals surface area contributed by atoms with E-state index in [1.165, 1.54) is 0 Å². The van der Waals surface area contributed by atoms with Gasteiger partial charge in [-0.3, -0.25) is 4.79 Å². The first kappa shape index (κ1) is 10.6. The molecule has 0 unspecified atom stereocenters. The van der Waals surface area contributed by atoms with Gasteiger partial charge in [0.2, 0.25) is 0 Å². The van der Waals surface area contributed by atoms with Gasteiger partial charge in [0.05, 0.1) is 0 Å². The summed E-state index contributed by atoms with van der Waals surface area (Å²) in [5.74, 6) is -1.15. The zero-order valence-electron chi connectivity index (χ0n) is 7.01. The van der Waals surface area contributed by atoms with Gasteiger partial charge in [-0.25, -0.2) is 18.2 Å². The highest BCUT2D eigenvalue weighted by molar-refractivity contribution is 5.72. The minimum atomic E-state index is -3.06. The maximum Gasteiger partial charge on any atom is 0.283 e. The predicted octanol–water partition coefficient (Wildman–Crippen LogP) is 1.43. The lowest BCUT2D eigenvalue weighted by atomic mass is 10.2. The molecule has 0 fully saturated rings. The van der Waals surface area contributed by atoms with E-state index in [-0.39, 0.29) is 24.1 Å². The van der Waals surface area contributed by atoms with Crippen LogP contribution in [0.25, 0.3) is 0 Å². The van der Waals surface area contributed by atoms with Crippen molar-refractivity contribution >= 4 is 6.29 Å². The molecule has 0 radical (unpaired) electrons. The third kappa shape index (κ3) is 1.90. The molecule has 1 aromatic heterocycles. The van der Waals surface area contributed by atoms with E-state index in [9.17, 15) is 18.0 Å². The van der Waals surface area contributed by atoms with Crippen molar-refractivity contribution in [2.45, 2.75) is 13.0 Å². The molecule has 0 aromatic carbocycles. The van der Waals surface area contributed by atoms with Gasteiger partial charge in [0.15, 0.2) is 12.1 Å². The van der Waals surface area contributed by atoms with Crippen molar-refractivity contribution < 1.29 is 18.0 Å². The SMILES string of the molecule is NCc1cc(C=O)nc(C(F)F)c1F. The molecule has 1 heterocycles. The second-order valence-electron chi connectivity index (χ2n) is 2.53. The van der Waals surface area contributed by atoms with Crippen LogP contribution in [0.15, 0.2) is 6.07 Å². The van der Waals surface area contributed by atoms with Gasteiger partial charge in [0.25, 0.3) is 6.43 Å². The number of hydrogen-bond donors (Lipinski definition) is 1. The molecule has 0 aliphatic carbocycles. The molecule has 1 aromatic rings. The van der Waals surface area contributed by atoms with Gasteiger partial charge in [-0.15, -0.1) is 0 Å². The van der Waals surface area contributed by atoms with Crippen LogP contribution in [0.5, 0.6) is 0 Å². The largest absolute Gasteiger partial charge is 0.326 e. The number of rotatable bonds is 3. The van der Waals surface area contributed by atoms with E-state index >= 15 is 0 Å². The van der Waals surface area contributed by atoms with Gasteiger partial charge in [0, 0.05) is 12.1 Å². The average molecular weight is 204 g/mol. The molecule has 6 heteroatoms. The third-order valence-electron chi connectivity index (χ3n) is 1.63. The monoisotopic (exact) mass is 204 g/mol. The van der Waals surface area contributed by atoms with Gasteiger partial charge in [-0.1, -0.05) is 0 Å². The lowest BCUT2D eigenvalue weighted by Crippen LogP contribution is -2.08. The quantitative estimate of drug-likeness (QED) is 0.757. The highest BCUT2D eigenvalue weighted by Gasteiger charge is 2.19. The normalized spacial score (nSPS) is 10.6. The summed E-state index contributed by atoms with van der Waals surface area (Å²) in [7, 11) is 0. The lowest BCUT2D eigenvalue weighted by molar-refractivity contribution is 0.111. The Hall–Kier alpha value is -1.43. The van der Waals surface area contributed by atoms with E-state index in [0.717, 1.165) is 6.07 Å². The van der Waals surface area contributed by atoms with Gasteiger partial charge in [-0.2, -0.15) is 0 Å². The summed E-state index contributed by atoms with van der Waals surface area (Å²) < 4.78 is 37.5. The van der Waals surface area contributed by atoms with Crippen LogP contribution in [0.2, 0.25) is 0 Å². The summed E-state index contributed by atoms with van der Waals surface area (Å²) in [5.41, 5.74) is 3.69. The Labute approximate surface area is 77.7 Å². The number of halogens is 3. The molecular formula is C8H7F3N2O. The van der Waals surface area contributed by atoms with Crippen molar-refractivity contribution in [2.24, 2.45) is 5.73 Å². The standard InChI is InChI=1S/C8H7F3N2O/c9-6-4(2-12)1-5(3-14)13-7(6)8(10)11/h1,3,8H,2,12H2. The fourth-order valence-corrected chi connectivity index (χ4v) is 0.980. The summed E-state index contributed by atoms with van der Waals surface area (Å²) in [6, 6.07) is 1.05. The predicted molar refractivity (Wildman–Crippen MR) is 42.4 cm³/mol. The van der Waals surface area contributed by atoms with Gasteiger partial charge >= 0.3 is 0 Å². The van der Waals surface area contributed by atoms with Crippen molar-refractivity contribution in [3.05, 3.63) is 28.8 Å². The first-order valence-corrected chi connectivity index (χ1v) is 3.72. The minimum Gasteiger partial charge on any atom is -0.326 e. The molecule has 0 amide bonds. The summed E-state index contributed by atoms with van der Waals surface area (Å²) >= 11 is 0. The van der Waals surface area contributed by atoms with Crippen LogP contribution >= 0.6 is 0 Å². The average Bonchev–Trinajstić information content (AvgIpc) is 2.17. The Morgan fingerprint density at radius 3 is 2.64 bits per heavy atom. The van der Waals surface area contributed by atoms with E-state index in [1.54, 1.807) is 0 Å². The lowest BCUT2D eigenvalue weighted by Gasteiger charge is -2.06. The zero-order valence-corrected chi connectivity index (χ0v) is 7.01. The summed E-state index contributed by atoms with van der Waals surface area (Å²) in [6.45, 7) is -0.255. The Morgan fingerprint density at radius 1 is 1.57 bits per heavy atom. The Balaban J connectivity index is 3.34. The summed E-state index contributed by atoms with van der Waals surface area (Å²) in [4.78, 5) is 13.4. The highest BCUT2D eigenvalue weighted by atomic mass is 19.3. The number of aldehydes is 1. The van der Waals surface area contributed by atoms with E-state index in [4.69, 9.17) is 5.73 Å². The molecule has 1 rings (SSSR count). The van der Waals surface area contributed by atoms with Crippen LogP contribution in [-0.4, -0.2) is 11.3 Å².